The Hall–Kier alpha value is -2.08. The van der Waals surface area contributed by atoms with Crippen molar-refractivity contribution in [3.05, 3.63) is 35.4 Å². The number of nitrogens with two attached hydrogens (primary N) is 1. The number of Topliss-reactive ketones (excluding diaryl/α,β-unsaturated/α-hetero) is 1. The highest BCUT2D eigenvalue weighted by Gasteiger charge is 1.98. The zero-order chi connectivity index (χ0) is 10.6. The molecule has 3 heteroatoms. The molecule has 0 spiro atoms. The van der Waals surface area contributed by atoms with Crippen molar-refractivity contribution < 1.29 is 9.59 Å². The molecule has 70 valence electrons. The summed E-state index contributed by atoms with van der Waals surface area (Å²) in [6.07, 6.45) is 0. The summed E-state index contributed by atoms with van der Waals surface area (Å²) >= 11 is 0. The normalized spacial score (nSPS) is 8.64. The average molecular weight is 187 g/mol. The molecule has 0 aliphatic heterocycles. The van der Waals surface area contributed by atoms with Gasteiger partial charge in [-0.05, 0) is 25.0 Å². The SMILES string of the molecule is CC(=O)c1cccc(C#CC(N)=O)c1. The van der Waals surface area contributed by atoms with Gasteiger partial charge in [-0.2, -0.15) is 0 Å². The summed E-state index contributed by atoms with van der Waals surface area (Å²) in [6.45, 7) is 1.47. The number of hydrogen-bond donors (Lipinski definition) is 1. The fraction of sp³-hybridized carbons (Fsp3) is 0.0909. The van der Waals surface area contributed by atoms with E-state index in [1.165, 1.54) is 6.92 Å². The predicted molar refractivity (Wildman–Crippen MR) is 52.5 cm³/mol. The van der Waals surface area contributed by atoms with Crippen LogP contribution in [0.2, 0.25) is 0 Å². The van der Waals surface area contributed by atoms with Gasteiger partial charge in [-0.1, -0.05) is 18.1 Å². The zero-order valence-corrected chi connectivity index (χ0v) is 7.70. The van der Waals surface area contributed by atoms with Crippen LogP contribution in [0.4, 0.5) is 0 Å². The van der Waals surface area contributed by atoms with E-state index < -0.39 is 5.91 Å². The maximum absolute atomic E-state index is 11.0. The Labute approximate surface area is 81.9 Å². The number of rotatable bonds is 1. The first-order valence-electron chi connectivity index (χ1n) is 4.02. The molecule has 0 aliphatic carbocycles. The van der Waals surface area contributed by atoms with Crippen molar-refractivity contribution in [2.45, 2.75) is 6.92 Å². The van der Waals surface area contributed by atoms with Crippen LogP contribution in [0.25, 0.3) is 0 Å². The maximum atomic E-state index is 11.0. The Balaban J connectivity index is 3.02. The van der Waals surface area contributed by atoms with Gasteiger partial charge in [0.2, 0.25) is 0 Å². The third-order valence-electron chi connectivity index (χ3n) is 1.60. The minimum absolute atomic E-state index is 0.0345. The van der Waals surface area contributed by atoms with Gasteiger partial charge in [0.25, 0.3) is 5.91 Å². The number of amides is 1. The van der Waals surface area contributed by atoms with Gasteiger partial charge in [0.1, 0.15) is 0 Å². The molecule has 0 aliphatic rings. The van der Waals surface area contributed by atoms with Crippen LogP contribution in [0.1, 0.15) is 22.8 Å². The summed E-state index contributed by atoms with van der Waals surface area (Å²) in [5.41, 5.74) is 6.04. The standard InChI is InChI=1S/C11H9NO2/c1-8(13)10-4-2-3-9(7-10)5-6-11(12)14/h2-4,7H,1H3,(H2,12,14). The van der Waals surface area contributed by atoms with Crippen molar-refractivity contribution in [1.29, 1.82) is 0 Å². The molecule has 0 fully saturated rings. The molecule has 0 atom stereocenters. The van der Waals surface area contributed by atoms with Crippen LogP contribution >= 0.6 is 0 Å². The second kappa shape index (κ2) is 4.24. The average Bonchev–Trinajstić information content (AvgIpc) is 2.15. The van der Waals surface area contributed by atoms with Crippen LogP contribution < -0.4 is 5.73 Å². The van der Waals surface area contributed by atoms with Gasteiger partial charge in [0.05, 0.1) is 0 Å². The molecule has 1 amide bonds. The number of carbonyl (C=O) groups excluding carboxylic acids is 2. The molecule has 1 aromatic carbocycles. The molecular weight excluding hydrogens is 178 g/mol. The largest absolute Gasteiger partial charge is 0.359 e. The Morgan fingerprint density at radius 3 is 2.64 bits per heavy atom. The van der Waals surface area contributed by atoms with Gasteiger partial charge in [-0.15, -0.1) is 0 Å². The number of primary amides is 1. The molecule has 0 heterocycles. The topological polar surface area (TPSA) is 60.2 Å². The second-order valence-electron chi connectivity index (χ2n) is 2.75. The van der Waals surface area contributed by atoms with Crippen molar-refractivity contribution in [2.75, 3.05) is 0 Å². The summed E-state index contributed by atoms with van der Waals surface area (Å²) in [7, 11) is 0. The highest BCUT2D eigenvalue weighted by Crippen LogP contribution is 2.04. The quantitative estimate of drug-likeness (QED) is 0.520. The van der Waals surface area contributed by atoms with Gasteiger partial charge in [-0.3, -0.25) is 9.59 Å². The van der Waals surface area contributed by atoms with Crippen LogP contribution in [0, 0.1) is 11.8 Å². The van der Waals surface area contributed by atoms with Crippen LogP contribution in [0.5, 0.6) is 0 Å². The molecule has 2 N–H and O–H groups in total. The Morgan fingerprint density at radius 1 is 1.36 bits per heavy atom. The first-order valence-corrected chi connectivity index (χ1v) is 4.02. The molecule has 14 heavy (non-hydrogen) atoms. The van der Waals surface area contributed by atoms with Gasteiger partial charge < -0.3 is 5.73 Å². The molecule has 0 saturated carbocycles. The van der Waals surface area contributed by atoms with Crippen LogP contribution in [-0.2, 0) is 4.79 Å². The van der Waals surface area contributed by atoms with Crippen molar-refractivity contribution >= 4 is 11.7 Å². The van der Waals surface area contributed by atoms with E-state index in [9.17, 15) is 9.59 Å². The highest BCUT2D eigenvalue weighted by atomic mass is 16.1. The third-order valence-corrected chi connectivity index (χ3v) is 1.60. The minimum atomic E-state index is -0.682. The Bertz CT molecular complexity index is 438. The van der Waals surface area contributed by atoms with E-state index >= 15 is 0 Å². The first kappa shape index (κ1) is 10.0. The Kier molecular flexibility index (Phi) is 3.03. The van der Waals surface area contributed by atoms with Gasteiger partial charge >= 0.3 is 0 Å². The van der Waals surface area contributed by atoms with E-state index in [4.69, 9.17) is 5.73 Å². The minimum Gasteiger partial charge on any atom is -0.359 e. The zero-order valence-electron chi connectivity index (χ0n) is 7.70. The van der Waals surface area contributed by atoms with Crippen LogP contribution in [0.15, 0.2) is 24.3 Å². The number of carbonyl (C=O) groups is 2. The van der Waals surface area contributed by atoms with Crippen LogP contribution in [-0.4, -0.2) is 11.7 Å². The van der Waals surface area contributed by atoms with Gasteiger partial charge in [-0.25, -0.2) is 0 Å². The van der Waals surface area contributed by atoms with E-state index in [-0.39, 0.29) is 5.78 Å². The smallest absolute Gasteiger partial charge is 0.293 e. The first-order chi connectivity index (χ1) is 6.59. The molecule has 0 radical (unpaired) electrons. The molecule has 0 unspecified atom stereocenters. The maximum Gasteiger partial charge on any atom is 0.293 e. The van der Waals surface area contributed by atoms with E-state index in [1.54, 1.807) is 24.3 Å². The van der Waals surface area contributed by atoms with Gasteiger partial charge in [0.15, 0.2) is 5.78 Å². The third kappa shape index (κ3) is 2.76. The molecular formula is C11H9NO2. The number of hydrogen-bond acceptors (Lipinski definition) is 2. The highest BCUT2D eigenvalue weighted by molar-refractivity contribution is 5.95. The van der Waals surface area contributed by atoms with Gasteiger partial charge in [0, 0.05) is 11.1 Å². The molecule has 3 nitrogen and oxygen atoms in total. The Morgan fingerprint density at radius 2 is 2.07 bits per heavy atom. The van der Waals surface area contributed by atoms with E-state index in [0.29, 0.717) is 11.1 Å². The predicted octanol–water partition coefficient (Wildman–Crippen LogP) is 0.726. The lowest BCUT2D eigenvalue weighted by Gasteiger charge is -1.94. The molecule has 0 saturated heterocycles. The second-order valence-corrected chi connectivity index (χ2v) is 2.75. The van der Waals surface area contributed by atoms with Crippen molar-refractivity contribution in [2.24, 2.45) is 5.73 Å². The van der Waals surface area contributed by atoms with E-state index in [1.807, 2.05) is 0 Å². The fourth-order valence-corrected chi connectivity index (χ4v) is 0.950. The van der Waals surface area contributed by atoms with Crippen molar-refractivity contribution in [3.8, 4) is 11.8 Å². The lowest BCUT2D eigenvalue weighted by atomic mass is 10.1. The lowest BCUT2D eigenvalue weighted by Crippen LogP contribution is -2.06. The molecule has 1 aromatic rings. The summed E-state index contributed by atoms with van der Waals surface area (Å²) in [4.78, 5) is 21.4. The van der Waals surface area contributed by atoms with Crippen LogP contribution in [0.3, 0.4) is 0 Å². The number of benzene rings is 1. The summed E-state index contributed by atoms with van der Waals surface area (Å²) in [6, 6.07) is 6.74. The monoisotopic (exact) mass is 187 g/mol. The fourth-order valence-electron chi connectivity index (χ4n) is 0.950. The van der Waals surface area contributed by atoms with E-state index in [0.717, 1.165) is 0 Å². The van der Waals surface area contributed by atoms with Crippen molar-refractivity contribution in [3.63, 3.8) is 0 Å². The number of ketones is 1. The molecule has 1 rings (SSSR count). The van der Waals surface area contributed by atoms with E-state index in [2.05, 4.69) is 11.8 Å². The lowest BCUT2D eigenvalue weighted by molar-refractivity contribution is -0.112. The summed E-state index contributed by atoms with van der Waals surface area (Å²) in [5, 5.41) is 0. The molecule has 0 bridgehead atoms. The summed E-state index contributed by atoms with van der Waals surface area (Å²) in [5.74, 6) is 4.05. The summed E-state index contributed by atoms with van der Waals surface area (Å²) < 4.78 is 0. The molecule has 0 aromatic heterocycles. The van der Waals surface area contributed by atoms with Crippen molar-refractivity contribution in [1.82, 2.24) is 0 Å².